The van der Waals surface area contributed by atoms with E-state index in [2.05, 4.69) is 19.1 Å². The first-order valence-corrected chi connectivity index (χ1v) is 8.62. The van der Waals surface area contributed by atoms with Crippen LogP contribution in [0.15, 0.2) is 30.4 Å². The van der Waals surface area contributed by atoms with Gasteiger partial charge in [-0.25, -0.2) is 0 Å². The molecule has 1 aromatic rings. The number of allylic oxidation sites excluding steroid dienone is 1. The van der Waals surface area contributed by atoms with Crippen molar-refractivity contribution in [2.24, 2.45) is 11.8 Å². The number of aliphatic hydroxyl groups is 1. The number of fused-ring (bicyclic) bond motifs is 1. The Morgan fingerprint density at radius 3 is 2.91 bits per heavy atom. The molecule has 3 atom stereocenters. The lowest BCUT2D eigenvalue weighted by molar-refractivity contribution is 0.0718. The molecule has 0 bridgehead atoms. The van der Waals surface area contributed by atoms with Gasteiger partial charge in [-0.05, 0) is 30.5 Å². The molecule has 0 aromatic heterocycles. The van der Waals surface area contributed by atoms with Gasteiger partial charge in [-0.3, -0.25) is 0 Å². The molecule has 1 saturated heterocycles. The lowest BCUT2D eigenvalue weighted by Gasteiger charge is -2.19. The fourth-order valence-electron chi connectivity index (χ4n) is 3.33. The third-order valence-corrected chi connectivity index (χ3v) is 4.70. The summed E-state index contributed by atoms with van der Waals surface area (Å²) in [5.41, 5.74) is 1.05. The van der Waals surface area contributed by atoms with Gasteiger partial charge in [-0.15, -0.1) is 0 Å². The Labute approximate surface area is 138 Å². The first kappa shape index (κ1) is 16.3. The number of hydrogen-bond acceptors (Lipinski definition) is 4. The molecule has 2 aliphatic heterocycles. The fraction of sp³-hybridized carbons (Fsp3) is 0.579. The zero-order valence-electron chi connectivity index (χ0n) is 13.7. The average Bonchev–Trinajstić information content (AvgIpc) is 3.20. The number of hydrogen-bond donors (Lipinski definition) is 1. The van der Waals surface area contributed by atoms with Crippen LogP contribution >= 0.6 is 0 Å². The van der Waals surface area contributed by atoms with E-state index in [4.69, 9.17) is 14.2 Å². The summed E-state index contributed by atoms with van der Waals surface area (Å²) < 4.78 is 16.8. The summed E-state index contributed by atoms with van der Waals surface area (Å²) in [6.45, 7) is 3.28. The van der Waals surface area contributed by atoms with Gasteiger partial charge in [-0.1, -0.05) is 38.0 Å². The number of aliphatic hydroxyl groups excluding tert-OH is 1. The SMILES string of the molecule is CCCCC/C=C/[C@H]1CO[C@H](c2ccc3c(c2)OCO3)[C@H]1CO. The molecule has 2 heterocycles. The first-order valence-electron chi connectivity index (χ1n) is 8.62. The van der Waals surface area contributed by atoms with E-state index in [1.807, 2.05) is 18.2 Å². The molecule has 126 valence electrons. The highest BCUT2D eigenvalue weighted by Crippen LogP contribution is 2.42. The third-order valence-electron chi connectivity index (χ3n) is 4.70. The molecule has 1 N–H and O–H groups in total. The molecule has 1 aromatic carbocycles. The number of ether oxygens (including phenoxy) is 3. The summed E-state index contributed by atoms with van der Waals surface area (Å²) in [6.07, 6.45) is 9.24. The highest BCUT2D eigenvalue weighted by atomic mass is 16.7. The molecule has 2 aliphatic rings. The van der Waals surface area contributed by atoms with Crippen LogP contribution in [-0.4, -0.2) is 25.1 Å². The maximum absolute atomic E-state index is 9.83. The van der Waals surface area contributed by atoms with Gasteiger partial charge in [0.05, 0.1) is 12.7 Å². The van der Waals surface area contributed by atoms with Crippen LogP contribution in [0.4, 0.5) is 0 Å². The van der Waals surface area contributed by atoms with Crippen LogP contribution < -0.4 is 9.47 Å². The molecule has 1 fully saturated rings. The van der Waals surface area contributed by atoms with E-state index in [1.165, 1.54) is 19.3 Å². The van der Waals surface area contributed by atoms with Gasteiger partial charge < -0.3 is 19.3 Å². The molecule has 4 nitrogen and oxygen atoms in total. The molecule has 0 radical (unpaired) electrons. The third kappa shape index (κ3) is 3.70. The van der Waals surface area contributed by atoms with E-state index in [1.54, 1.807) is 0 Å². The van der Waals surface area contributed by atoms with Gasteiger partial charge in [0, 0.05) is 18.4 Å². The van der Waals surface area contributed by atoms with Crippen LogP contribution in [0, 0.1) is 11.8 Å². The van der Waals surface area contributed by atoms with Crippen LogP contribution in [0.5, 0.6) is 11.5 Å². The largest absolute Gasteiger partial charge is 0.454 e. The van der Waals surface area contributed by atoms with Crippen molar-refractivity contribution in [3.8, 4) is 11.5 Å². The molecular formula is C19H26O4. The Hall–Kier alpha value is -1.52. The van der Waals surface area contributed by atoms with Gasteiger partial charge in [-0.2, -0.15) is 0 Å². The van der Waals surface area contributed by atoms with Crippen molar-refractivity contribution in [3.63, 3.8) is 0 Å². The molecule has 0 aliphatic carbocycles. The van der Waals surface area contributed by atoms with Crippen molar-refractivity contribution in [1.82, 2.24) is 0 Å². The first-order chi connectivity index (χ1) is 11.3. The molecule has 0 amide bonds. The van der Waals surface area contributed by atoms with E-state index >= 15 is 0 Å². The second-order valence-electron chi connectivity index (χ2n) is 6.30. The van der Waals surface area contributed by atoms with E-state index < -0.39 is 0 Å². The molecule has 4 heteroatoms. The normalized spacial score (nSPS) is 26.3. The predicted octanol–water partition coefficient (Wildman–Crippen LogP) is 3.85. The van der Waals surface area contributed by atoms with Crippen molar-refractivity contribution in [2.75, 3.05) is 20.0 Å². The lowest BCUT2D eigenvalue weighted by atomic mass is 9.87. The van der Waals surface area contributed by atoms with E-state index in [0.29, 0.717) is 6.61 Å². The summed E-state index contributed by atoms with van der Waals surface area (Å²) in [7, 11) is 0. The Bertz CT molecular complexity index is 540. The van der Waals surface area contributed by atoms with E-state index in [-0.39, 0.29) is 31.3 Å². The van der Waals surface area contributed by atoms with E-state index in [0.717, 1.165) is 23.5 Å². The second kappa shape index (κ2) is 7.84. The van der Waals surface area contributed by atoms with Crippen LogP contribution in [-0.2, 0) is 4.74 Å². The molecule has 0 saturated carbocycles. The summed E-state index contributed by atoms with van der Waals surface area (Å²) in [4.78, 5) is 0. The van der Waals surface area contributed by atoms with Crippen LogP contribution in [0.2, 0.25) is 0 Å². The lowest BCUT2D eigenvalue weighted by Crippen LogP contribution is -2.17. The number of benzene rings is 1. The molecule has 3 rings (SSSR count). The summed E-state index contributed by atoms with van der Waals surface area (Å²) in [5, 5.41) is 9.83. The molecule has 23 heavy (non-hydrogen) atoms. The minimum absolute atomic E-state index is 0.0835. The van der Waals surface area contributed by atoms with Crippen molar-refractivity contribution in [3.05, 3.63) is 35.9 Å². The predicted molar refractivity (Wildman–Crippen MR) is 88.6 cm³/mol. The van der Waals surface area contributed by atoms with Crippen molar-refractivity contribution < 1.29 is 19.3 Å². The number of unbranched alkanes of at least 4 members (excludes halogenated alkanes) is 3. The van der Waals surface area contributed by atoms with Crippen LogP contribution in [0.3, 0.4) is 0 Å². The van der Waals surface area contributed by atoms with Gasteiger partial charge in [0.2, 0.25) is 6.79 Å². The minimum atomic E-state index is -0.0835. The van der Waals surface area contributed by atoms with Crippen molar-refractivity contribution >= 4 is 0 Å². The quantitative estimate of drug-likeness (QED) is 0.613. The average molecular weight is 318 g/mol. The van der Waals surface area contributed by atoms with Gasteiger partial charge in [0.15, 0.2) is 11.5 Å². The van der Waals surface area contributed by atoms with Gasteiger partial charge in [0.1, 0.15) is 0 Å². The topological polar surface area (TPSA) is 47.9 Å². The van der Waals surface area contributed by atoms with Gasteiger partial charge in [0.25, 0.3) is 0 Å². The highest BCUT2D eigenvalue weighted by molar-refractivity contribution is 5.45. The standard InChI is InChI=1S/C19H26O4/c1-2-3-4-5-6-7-15-12-21-19(16(15)11-20)14-8-9-17-18(10-14)23-13-22-17/h6-10,15-16,19-20H,2-5,11-13H2,1H3/b7-6+/t15-,16-,19+/m0/s1. The zero-order chi connectivity index (χ0) is 16.1. The Morgan fingerprint density at radius 2 is 2.09 bits per heavy atom. The van der Waals surface area contributed by atoms with Crippen molar-refractivity contribution in [2.45, 2.75) is 38.7 Å². The highest BCUT2D eigenvalue weighted by Gasteiger charge is 2.36. The monoisotopic (exact) mass is 318 g/mol. The second-order valence-corrected chi connectivity index (χ2v) is 6.30. The molecule has 0 spiro atoms. The number of rotatable bonds is 7. The molecular weight excluding hydrogens is 292 g/mol. The Balaban J connectivity index is 1.64. The van der Waals surface area contributed by atoms with Gasteiger partial charge >= 0.3 is 0 Å². The fourth-order valence-corrected chi connectivity index (χ4v) is 3.33. The maximum Gasteiger partial charge on any atom is 0.231 e. The zero-order valence-corrected chi connectivity index (χ0v) is 13.7. The van der Waals surface area contributed by atoms with E-state index in [9.17, 15) is 5.11 Å². The van der Waals surface area contributed by atoms with Crippen LogP contribution in [0.1, 0.15) is 44.3 Å². The molecule has 0 unspecified atom stereocenters. The Morgan fingerprint density at radius 1 is 1.22 bits per heavy atom. The maximum atomic E-state index is 9.83. The van der Waals surface area contributed by atoms with Crippen LogP contribution in [0.25, 0.3) is 0 Å². The smallest absolute Gasteiger partial charge is 0.231 e. The summed E-state index contributed by atoms with van der Waals surface area (Å²) in [5.74, 6) is 1.91. The summed E-state index contributed by atoms with van der Waals surface area (Å²) >= 11 is 0. The Kier molecular flexibility index (Phi) is 5.57. The summed E-state index contributed by atoms with van der Waals surface area (Å²) in [6, 6.07) is 5.90. The minimum Gasteiger partial charge on any atom is -0.454 e. The van der Waals surface area contributed by atoms with Crippen molar-refractivity contribution in [1.29, 1.82) is 0 Å².